The minimum absolute atomic E-state index is 0.150. The van der Waals surface area contributed by atoms with E-state index in [1.54, 1.807) is 4.31 Å². The normalized spacial score (nSPS) is 20.1. The van der Waals surface area contributed by atoms with Crippen LogP contribution in [-0.2, 0) is 10.0 Å². The first-order valence-corrected chi connectivity index (χ1v) is 9.57. The lowest BCUT2D eigenvalue weighted by Crippen LogP contribution is -2.40. The molecule has 1 fully saturated rings. The average Bonchev–Trinajstić information content (AvgIpc) is 2.91. The molecule has 1 unspecified atom stereocenters. The van der Waals surface area contributed by atoms with Gasteiger partial charge in [0.25, 0.3) is 0 Å². The maximum atomic E-state index is 12.4. The summed E-state index contributed by atoms with van der Waals surface area (Å²) in [6, 6.07) is 0.150. The van der Waals surface area contributed by atoms with E-state index in [9.17, 15) is 8.42 Å². The second-order valence-electron chi connectivity index (χ2n) is 5.44. The smallest absolute Gasteiger partial charge is 0.215 e. The zero-order valence-electron chi connectivity index (χ0n) is 13.3. The molecule has 0 aromatic rings. The molecule has 1 aliphatic heterocycles. The second kappa shape index (κ2) is 8.97. The summed E-state index contributed by atoms with van der Waals surface area (Å²) >= 11 is 0. The number of rotatable bonds is 10. The minimum atomic E-state index is -3.11. The van der Waals surface area contributed by atoms with Crippen molar-refractivity contribution in [2.75, 3.05) is 45.0 Å². The van der Waals surface area contributed by atoms with Crippen LogP contribution in [0.1, 0.15) is 40.0 Å². The van der Waals surface area contributed by atoms with Gasteiger partial charge in [0.05, 0.1) is 5.75 Å². The molecule has 0 radical (unpaired) electrons. The van der Waals surface area contributed by atoms with Crippen molar-refractivity contribution in [2.45, 2.75) is 46.1 Å². The highest BCUT2D eigenvalue weighted by Crippen LogP contribution is 2.11. The number of hydrogen-bond acceptors (Lipinski definition) is 4. The van der Waals surface area contributed by atoms with E-state index in [1.807, 2.05) is 6.92 Å². The van der Waals surface area contributed by atoms with Crippen LogP contribution in [0.2, 0.25) is 0 Å². The third kappa shape index (κ3) is 5.68. The molecule has 1 atom stereocenters. The van der Waals surface area contributed by atoms with Gasteiger partial charge >= 0.3 is 0 Å². The van der Waals surface area contributed by atoms with Gasteiger partial charge in [-0.15, -0.1) is 0 Å². The lowest BCUT2D eigenvalue weighted by Gasteiger charge is -2.24. The zero-order valence-corrected chi connectivity index (χ0v) is 14.1. The van der Waals surface area contributed by atoms with Crippen LogP contribution in [0.25, 0.3) is 0 Å². The average molecular weight is 305 g/mol. The van der Waals surface area contributed by atoms with Crippen molar-refractivity contribution >= 4 is 10.0 Å². The predicted molar refractivity (Wildman–Crippen MR) is 84.5 cm³/mol. The van der Waals surface area contributed by atoms with Crippen LogP contribution in [0.5, 0.6) is 0 Å². The highest BCUT2D eigenvalue weighted by molar-refractivity contribution is 7.89. The van der Waals surface area contributed by atoms with Gasteiger partial charge in [-0.1, -0.05) is 20.8 Å². The molecule has 20 heavy (non-hydrogen) atoms. The van der Waals surface area contributed by atoms with Gasteiger partial charge in [0.1, 0.15) is 0 Å². The Bertz CT molecular complexity index is 349. The fourth-order valence-corrected chi connectivity index (χ4v) is 4.57. The summed E-state index contributed by atoms with van der Waals surface area (Å²) in [5.41, 5.74) is 0. The molecule has 1 N–H and O–H groups in total. The number of nitrogens with zero attached hydrogens (tertiary/aromatic N) is 2. The van der Waals surface area contributed by atoms with Crippen molar-refractivity contribution in [1.82, 2.24) is 14.5 Å². The molecular weight excluding hydrogens is 274 g/mol. The maximum Gasteiger partial charge on any atom is 0.215 e. The van der Waals surface area contributed by atoms with E-state index in [1.165, 1.54) is 0 Å². The number of hydrogen-bond donors (Lipinski definition) is 1. The molecule has 0 amide bonds. The van der Waals surface area contributed by atoms with E-state index < -0.39 is 10.0 Å². The molecule has 1 heterocycles. The molecule has 5 nitrogen and oxygen atoms in total. The summed E-state index contributed by atoms with van der Waals surface area (Å²) in [5, 5.41) is 3.27. The van der Waals surface area contributed by atoms with E-state index in [2.05, 4.69) is 24.1 Å². The lowest BCUT2D eigenvalue weighted by atomic mass is 10.3. The van der Waals surface area contributed by atoms with Crippen LogP contribution in [0.15, 0.2) is 0 Å². The van der Waals surface area contributed by atoms with Crippen molar-refractivity contribution in [3.63, 3.8) is 0 Å². The van der Waals surface area contributed by atoms with Crippen LogP contribution in [0.4, 0.5) is 0 Å². The van der Waals surface area contributed by atoms with Gasteiger partial charge < -0.3 is 10.2 Å². The summed E-state index contributed by atoms with van der Waals surface area (Å²) < 4.78 is 26.5. The van der Waals surface area contributed by atoms with E-state index in [4.69, 9.17) is 0 Å². The Balaban J connectivity index is 2.42. The third-order valence-corrected chi connectivity index (χ3v) is 6.15. The molecule has 0 aromatic carbocycles. The fourth-order valence-electron chi connectivity index (χ4n) is 2.76. The van der Waals surface area contributed by atoms with Gasteiger partial charge in [-0.05, 0) is 45.4 Å². The molecule has 0 aromatic heterocycles. The molecule has 0 spiro atoms. The largest absolute Gasteiger partial charge is 0.313 e. The molecule has 6 heteroatoms. The molecule has 120 valence electrons. The Labute approximate surface area is 124 Å². The minimum Gasteiger partial charge on any atom is -0.313 e. The van der Waals surface area contributed by atoms with E-state index >= 15 is 0 Å². The molecule has 1 rings (SSSR count). The SMILES string of the molecule is CCN(CC)CCCN(CC)S(=O)(=O)CC1CCCN1. The summed E-state index contributed by atoms with van der Waals surface area (Å²) in [5.74, 6) is 0.256. The predicted octanol–water partition coefficient (Wildman–Crippen LogP) is 1.12. The molecule has 0 bridgehead atoms. The van der Waals surface area contributed by atoms with Gasteiger partial charge in [0, 0.05) is 19.1 Å². The quantitative estimate of drug-likeness (QED) is 0.657. The van der Waals surface area contributed by atoms with Gasteiger partial charge in [-0.3, -0.25) is 0 Å². The summed E-state index contributed by atoms with van der Waals surface area (Å²) in [7, 11) is -3.11. The summed E-state index contributed by atoms with van der Waals surface area (Å²) in [6.07, 6.45) is 2.98. The first-order valence-electron chi connectivity index (χ1n) is 7.97. The van der Waals surface area contributed by atoms with Crippen molar-refractivity contribution in [1.29, 1.82) is 0 Å². The highest BCUT2D eigenvalue weighted by Gasteiger charge is 2.26. The van der Waals surface area contributed by atoms with Crippen molar-refractivity contribution in [3.05, 3.63) is 0 Å². The topological polar surface area (TPSA) is 52.7 Å². The molecular formula is C14H31N3O2S. The highest BCUT2D eigenvalue weighted by atomic mass is 32.2. The Kier molecular flexibility index (Phi) is 8.02. The van der Waals surface area contributed by atoms with E-state index in [-0.39, 0.29) is 11.8 Å². The Morgan fingerprint density at radius 3 is 2.30 bits per heavy atom. The third-order valence-electron chi connectivity index (χ3n) is 4.10. The Morgan fingerprint density at radius 1 is 1.10 bits per heavy atom. The Morgan fingerprint density at radius 2 is 1.80 bits per heavy atom. The molecule has 0 aliphatic carbocycles. The van der Waals surface area contributed by atoms with Crippen molar-refractivity contribution in [2.24, 2.45) is 0 Å². The second-order valence-corrected chi connectivity index (χ2v) is 7.46. The fraction of sp³-hybridized carbons (Fsp3) is 1.00. The van der Waals surface area contributed by atoms with Gasteiger partial charge in [-0.2, -0.15) is 0 Å². The standard InChI is InChI=1S/C14H31N3O2S/c1-4-16(5-2)11-8-12-17(6-3)20(18,19)13-14-9-7-10-15-14/h14-15H,4-13H2,1-3H3. The monoisotopic (exact) mass is 305 g/mol. The maximum absolute atomic E-state index is 12.4. The summed E-state index contributed by atoms with van der Waals surface area (Å²) in [6.45, 7) is 11.4. The van der Waals surface area contributed by atoms with Crippen molar-refractivity contribution < 1.29 is 8.42 Å². The Hall–Kier alpha value is -0.170. The van der Waals surface area contributed by atoms with Crippen LogP contribution < -0.4 is 5.32 Å². The van der Waals surface area contributed by atoms with E-state index in [0.717, 1.165) is 45.4 Å². The van der Waals surface area contributed by atoms with Crippen LogP contribution in [0.3, 0.4) is 0 Å². The lowest BCUT2D eigenvalue weighted by molar-refractivity contribution is 0.285. The molecule has 1 saturated heterocycles. The summed E-state index contributed by atoms with van der Waals surface area (Å²) in [4.78, 5) is 2.33. The first kappa shape index (κ1) is 17.9. The zero-order chi connectivity index (χ0) is 15.0. The van der Waals surface area contributed by atoms with Crippen LogP contribution in [0, 0.1) is 0 Å². The van der Waals surface area contributed by atoms with E-state index in [0.29, 0.717) is 13.1 Å². The van der Waals surface area contributed by atoms with Crippen molar-refractivity contribution in [3.8, 4) is 0 Å². The first-order chi connectivity index (χ1) is 9.53. The number of nitrogens with one attached hydrogen (secondary N) is 1. The van der Waals surface area contributed by atoms with Gasteiger partial charge in [0.15, 0.2) is 0 Å². The van der Waals surface area contributed by atoms with Gasteiger partial charge in [-0.25, -0.2) is 12.7 Å². The molecule has 0 saturated carbocycles. The van der Waals surface area contributed by atoms with Crippen LogP contribution in [-0.4, -0.2) is 68.7 Å². The van der Waals surface area contributed by atoms with Gasteiger partial charge in [0.2, 0.25) is 10.0 Å². The van der Waals surface area contributed by atoms with Crippen LogP contribution >= 0.6 is 0 Å². The molecule has 1 aliphatic rings. The number of sulfonamides is 1.